The lowest BCUT2D eigenvalue weighted by Crippen LogP contribution is -2.32. The third-order valence-corrected chi connectivity index (χ3v) is 3.72. The smallest absolute Gasteiger partial charge is 0.213 e. The molecule has 1 fully saturated rings. The van der Waals surface area contributed by atoms with Crippen molar-refractivity contribution in [2.45, 2.75) is 19.0 Å². The van der Waals surface area contributed by atoms with Crippen molar-refractivity contribution in [3.05, 3.63) is 48.3 Å². The van der Waals surface area contributed by atoms with Crippen LogP contribution in [0.1, 0.15) is 12.1 Å². The van der Waals surface area contributed by atoms with Gasteiger partial charge in [-0.2, -0.15) is 0 Å². The molecule has 0 saturated carbocycles. The third kappa shape index (κ3) is 3.49. The summed E-state index contributed by atoms with van der Waals surface area (Å²) in [6.45, 7) is 2.79. The monoisotopic (exact) mass is 284 g/mol. The first-order valence-corrected chi connectivity index (χ1v) is 7.24. The van der Waals surface area contributed by atoms with E-state index in [0.717, 1.165) is 37.6 Å². The van der Waals surface area contributed by atoms with Gasteiger partial charge in [-0.25, -0.2) is 9.97 Å². The molecule has 1 N–H and O–H groups in total. The average Bonchev–Trinajstić information content (AvgIpc) is 3.03. The summed E-state index contributed by atoms with van der Waals surface area (Å²) in [4.78, 5) is 11.1. The first-order valence-electron chi connectivity index (χ1n) is 7.24. The highest BCUT2D eigenvalue weighted by molar-refractivity contribution is 5.39. The molecular weight excluding hydrogens is 264 g/mol. The summed E-state index contributed by atoms with van der Waals surface area (Å²) in [6.07, 6.45) is 2.97. The van der Waals surface area contributed by atoms with E-state index in [4.69, 9.17) is 4.74 Å². The van der Waals surface area contributed by atoms with Crippen LogP contribution in [-0.2, 0) is 6.54 Å². The zero-order valence-corrected chi connectivity index (χ0v) is 12.2. The maximum atomic E-state index is 5.15. The standard InChI is InChI=1S/C16H20N4O/c1-21-16-7-4-5-13(19-16)11-18-14-8-10-20(12-14)15-6-2-3-9-17-15/h2-7,9,14,18H,8,10-12H2,1H3/t14-/m1/s1. The Hall–Kier alpha value is -2.14. The maximum Gasteiger partial charge on any atom is 0.213 e. The second kappa shape index (κ2) is 6.54. The average molecular weight is 284 g/mol. The van der Waals surface area contributed by atoms with E-state index >= 15 is 0 Å². The number of nitrogens with zero attached hydrogens (tertiary/aromatic N) is 3. The lowest BCUT2D eigenvalue weighted by molar-refractivity contribution is 0.395. The molecule has 3 heterocycles. The first-order chi connectivity index (χ1) is 10.3. The molecule has 1 aliphatic rings. The molecule has 110 valence electrons. The maximum absolute atomic E-state index is 5.15. The molecule has 21 heavy (non-hydrogen) atoms. The van der Waals surface area contributed by atoms with Crippen LogP contribution in [0.5, 0.6) is 5.88 Å². The molecule has 2 aromatic rings. The number of aromatic nitrogens is 2. The molecule has 2 aromatic heterocycles. The van der Waals surface area contributed by atoms with Crippen molar-refractivity contribution < 1.29 is 4.74 Å². The van der Waals surface area contributed by atoms with Gasteiger partial charge in [0.05, 0.1) is 12.8 Å². The van der Waals surface area contributed by atoms with E-state index in [1.807, 2.05) is 36.5 Å². The third-order valence-electron chi connectivity index (χ3n) is 3.72. The Morgan fingerprint density at radius 1 is 1.29 bits per heavy atom. The second-order valence-corrected chi connectivity index (χ2v) is 5.17. The summed E-state index contributed by atoms with van der Waals surface area (Å²) in [6, 6.07) is 12.4. The van der Waals surface area contributed by atoms with Gasteiger partial charge in [-0.1, -0.05) is 12.1 Å². The fourth-order valence-electron chi connectivity index (χ4n) is 2.59. The summed E-state index contributed by atoms with van der Waals surface area (Å²) >= 11 is 0. The van der Waals surface area contributed by atoms with Crippen molar-refractivity contribution in [3.8, 4) is 5.88 Å². The van der Waals surface area contributed by atoms with E-state index in [0.29, 0.717) is 11.9 Å². The molecule has 0 amide bonds. The van der Waals surface area contributed by atoms with Crippen LogP contribution >= 0.6 is 0 Å². The topological polar surface area (TPSA) is 50.3 Å². The van der Waals surface area contributed by atoms with Gasteiger partial charge in [0.25, 0.3) is 0 Å². The van der Waals surface area contributed by atoms with Crippen molar-refractivity contribution in [2.75, 3.05) is 25.1 Å². The highest BCUT2D eigenvalue weighted by Crippen LogP contribution is 2.17. The Kier molecular flexibility index (Phi) is 4.31. The van der Waals surface area contributed by atoms with Gasteiger partial charge in [-0.15, -0.1) is 0 Å². The van der Waals surface area contributed by atoms with Gasteiger partial charge in [0.15, 0.2) is 0 Å². The minimum Gasteiger partial charge on any atom is -0.481 e. The van der Waals surface area contributed by atoms with Gasteiger partial charge in [-0.05, 0) is 24.6 Å². The van der Waals surface area contributed by atoms with Crippen LogP contribution in [0, 0.1) is 0 Å². The van der Waals surface area contributed by atoms with Crippen molar-refractivity contribution in [1.29, 1.82) is 0 Å². The number of hydrogen-bond acceptors (Lipinski definition) is 5. The Balaban J connectivity index is 1.53. The van der Waals surface area contributed by atoms with E-state index in [9.17, 15) is 0 Å². The minimum absolute atomic E-state index is 0.472. The quantitative estimate of drug-likeness (QED) is 0.908. The fourth-order valence-corrected chi connectivity index (χ4v) is 2.59. The Labute approximate surface area is 125 Å². The molecule has 5 nitrogen and oxygen atoms in total. The predicted octanol–water partition coefficient (Wildman–Crippen LogP) is 1.85. The number of rotatable bonds is 5. The van der Waals surface area contributed by atoms with Gasteiger partial charge in [0, 0.05) is 37.9 Å². The van der Waals surface area contributed by atoms with Crippen LogP contribution in [-0.4, -0.2) is 36.2 Å². The largest absolute Gasteiger partial charge is 0.481 e. The second-order valence-electron chi connectivity index (χ2n) is 5.17. The number of pyridine rings is 2. The molecule has 0 aromatic carbocycles. The zero-order valence-electron chi connectivity index (χ0n) is 12.2. The van der Waals surface area contributed by atoms with Crippen LogP contribution < -0.4 is 15.0 Å². The van der Waals surface area contributed by atoms with E-state index in [-0.39, 0.29) is 0 Å². The highest BCUT2D eigenvalue weighted by atomic mass is 16.5. The van der Waals surface area contributed by atoms with Crippen molar-refractivity contribution in [3.63, 3.8) is 0 Å². The summed E-state index contributed by atoms with van der Waals surface area (Å²) < 4.78 is 5.15. The fraction of sp³-hybridized carbons (Fsp3) is 0.375. The van der Waals surface area contributed by atoms with Gasteiger partial charge in [-0.3, -0.25) is 0 Å². The lowest BCUT2D eigenvalue weighted by Gasteiger charge is -2.17. The van der Waals surface area contributed by atoms with Crippen molar-refractivity contribution in [2.24, 2.45) is 0 Å². The number of hydrogen-bond donors (Lipinski definition) is 1. The van der Waals surface area contributed by atoms with Crippen LogP contribution in [0.4, 0.5) is 5.82 Å². The summed E-state index contributed by atoms with van der Waals surface area (Å²) in [5.74, 6) is 1.72. The molecule has 0 radical (unpaired) electrons. The number of nitrogens with one attached hydrogen (secondary N) is 1. The molecule has 1 aliphatic heterocycles. The van der Waals surface area contributed by atoms with Crippen LogP contribution in [0.3, 0.4) is 0 Å². The first kappa shape index (κ1) is 13.8. The van der Waals surface area contributed by atoms with Crippen molar-refractivity contribution >= 4 is 5.82 Å². The molecule has 5 heteroatoms. The van der Waals surface area contributed by atoms with E-state index < -0.39 is 0 Å². The van der Waals surface area contributed by atoms with Gasteiger partial charge in [0.2, 0.25) is 5.88 Å². The number of methoxy groups -OCH3 is 1. The van der Waals surface area contributed by atoms with Gasteiger partial charge >= 0.3 is 0 Å². The molecule has 1 saturated heterocycles. The van der Waals surface area contributed by atoms with E-state index in [1.54, 1.807) is 7.11 Å². The molecule has 0 unspecified atom stereocenters. The zero-order chi connectivity index (χ0) is 14.5. The SMILES string of the molecule is COc1cccc(CN[C@@H]2CCN(c3ccccn3)C2)n1. The summed E-state index contributed by atoms with van der Waals surface area (Å²) in [5.41, 5.74) is 1.01. The molecule has 0 aliphatic carbocycles. The van der Waals surface area contributed by atoms with Crippen molar-refractivity contribution in [1.82, 2.24) is 15.3 Å². The van der Waals surface area contributed by atoms with E-state index in [1.165, 1.54) is 0 Å². The number of anilines is 1. The molecule has 0 spiro atoms. The molecule has 1 atom stereocenters. The summed E-state index contributed by atoms with van der Waals surface area (Å²) in [5, 5.41) is 3.56. The minimum atomic E-state index is 0.472. The van der Waals surface area contributed by atoms with Gasteiger partial charge in [0.1, 0.15) is 5.82 Å². The van der Waals surface area contributed by atoms with Gasteiger partial charge < -0.3 is 15.0 Å². The summed E-state index contributed by atoms with van der Waals surface area (Å²) in [7, 11) is 1.64. The predicted molar refractivity (Wildman–Crippen MR) is 82.5 cm³/mol. The molecule has 0 bridgehead atoms. The Morgan fingerprint density at radius 2 is 2.24 bits per heavy atom. The van der Waals surface area contributed by atoms with E-state index in [2.05, 4.69) is 26.3 Å². The molecule has 3 rings (SSSR count). The van der Waals surface area contributed by atoms with Crippen LogP contribution in [0.15, 0.2) is 42.6 Å². The highest BCUT2D eigenvalue weighted by Gasteiger charge is 2.22. The number of ether oxygens (including phenoxy) is 1. The Bertz CT molecular complexity index is 575. The Morgan fingerprint density at radius 3 is 3.05 bits per heavy atom. The lowest BCUT2D eigenvalue weighted by atomic mass is 10.2. The van der Waals surface area contributed by atoms with Crippen LogP contribution in [0.25, 0.3) is 0 Å². The normalized spacial score (nSPS) is 18.0. The molecular formula is C16H20N4O. The van der Waals surface area contributed by atoms with Crippen LogP contribution in [0.2, 0.25) is 0 Å².